The second-order valence-corrected chi connectivity index (χ2v) is 6.66. The van der Waals surface area contributed by atoms with E-state index in [1.165, 1.54) is 0 Å². The Balaban J connectivity index is 1.47. The molecule has 0 spiro atoms. The van der Waals surface area contributed by atoms with Gasteiger partial charge in [0, 0.05) is 35.6 Å². The molecular formula is C20H20N6O2. The van der Waals surface area contributed by atoms with Crippen molar-refractivity contribution in [2.75, 3.05) is 23.3 Å². The van der Waals surface area contributed by atoms with E-state index in [2.05, 4.69) is 25.8 Å². The summed E-state index contributed by atoms with van der Waals surface area (Å²) in [6, 6.07) is 12.6. The van der Waals surface area contributed by atoms with Crippen LogP contribution in [0.2, 0.25) is 0 Å². The van der Waals surface area contributed by atoms with Gasteiger partial charge in [0.05, 0.1) is 0 Å². The Morgan fingerprint density at radius 2 is 1.93 bits per heavy atom. The van der Waals surface area contributed by atoms with E-state index in [9.17, 15) is 9.59 Å². The summed E-state index contributed by atoms with van der Waals surface area (Å²) >= 11 is 0. The van der Waals surface area contributed by atoms with Crippen LogP contribution < -0.4 is 15.5 Å². The number of hydrogen-bond donors (Lipinski definition) is 3. The Kier molecular flexibility index (Phi) is 4.52. The van der Waals surface area contributed by atoms with Gasteiger partial charge in [0.1, 0.15) is 5.82 Å². The highest BCUT2D eigenvalue weighted by atomic mass is 16.2. The molecule has 2 heterocycles. The lowest BCUT2D eigenvalue weighted by Crippen LogP contribution is -2.28. The van der Waals surface area contributed by atoms with Crippen molar-refractivity contribution >= 4 is 23.3 Å². The van der Waals surface area contributed by atoms with Gasteiger partial charge in [0.15, 0.2) is 5.82 Å². The molecule has 8 nitrogen and oxygen atoms in total. The number of rotatable bonds is 4. The molecule has 3 aromatic rings. The summed E-state index contributed by atoms with van der Waals surface area (Å²) in [5.41, 5.74) is 3.78. The fourth-order valence-corrected chi connectivity index (χ4v) is 3.18. The number of anilines is 2. The van der Waals surface area contributed by atoms with E-state index in [1.807, 2.05) is 44.2 Å². The monoisotopic (exact) mass is 376 g/mol. The Hall–Kier alpha value is -3.68. The number of urea groups is 1. The molecule has 2 aromatic carbocycles. The second-order valence-electron chi connectivity index (χ2n) is 6.66. The predicted molar refractivity (Wildman–Crippen MR) is 106 cm³/mol. The predicted octanol–water partition coefficient (Wildman–Crippen LogP) is 2.87. The maximum Gasteiger partial charge on any atom is 0.322 e. The van der Waals surface area contributed by atoms with E-state index in [-0.39, 0.29) is 11.9 Å². The third kappa shape index (κ3) is 3.44. The number of aromatic nitrogens is 3. The van der Waals surface area contributed by atoms with E-state index in [1.54, 1.807) is 17.0 Å². The normalized spacial score (nSPS) is 13.5. The lowest BCUT2D eigenvalue weighted by molar-refractivity contribution is 0.102. The van der Waals surface area contributed by atoms with Gasteiger partial charge in [-0.05, 0) is 61.9 Å². The van der Waals surface area contributed by atoms with Gasteiger partial charge >= 0.3 is 6.03 Å². The van der Waals surface area contributed by atoms with Crippen LogP contribution in [0.25, 0.3) is 11.4 Å². The number of carbonyl (C=O) groups excluding carboxylic acids is 2. The first kappa shape index (κ1) is 17.7. The standard InChI is InChI=1S/C20H20N6O2/c1-12-11-15(5-8-17(12)26-10-9-21-20(26)28)19(27)23-16-6-3-14(4-7-16)18-22-13(2)24-25-18/h3-8,11H,9-10H2,1-2H3,(H,21,28)(H,23,27)(H,22,24,25). The Morgan fingerprint density at radius 1 is 1.14 bits per heavy atom. The molecule has 1 aromatic heterocycles. The zero-order valence-corrected chi connectivity index (χ0v) is 15.6. The van der Waals surface area contributed by atoms with Crippen molar-refractivity contribution in [1.82, 2.24) is 20.5 Å². The van der Waals surface area contributed by atoms with Gasteiger partial charge in [-0.25, -0.2) is 9.78 Å². The summed E-state index contributed by atoms with van der Waals surface area (Å²) in [6.45, 7) is 4.99. The van der Waals surface area contributed by atoms with Crippen LogP contribution in [0.1, 0.15) is 21.7 Å². The Morgan fingerprint density at radius 3 is 2.54 bits per heavy atom. The molecule has 0 aliphatic carbocycles. The lowest BCUT2D eigenvalue weighted by Gasteiger charge is -2.17. The van der Waals surface area contributed by atoms with Gasteiger partial charge in [0.2, 0.25) is 0 Å². The zero-order valence-electron chi connectivity index (χ0n) is 15.6. The smallest absolute Gasteiger partial charge is 0.322 e. The van der Waals surface area contributed by atoms with Crippen molar-refractivity contribution in [3.63, 3.8) is 0 Å². The van der Waals surface area contributed by atoms with Crippen LogP contribution in [0.15, 0.2) is 42.5 Å². The number of aromatic amines is 1. The number of hydrogen-bond acceptors (Lipinski definition) is 4. The van der Waals surface area contributed by atoms with E-state index < -0.39 is 0 Å². The third-order valence-electron chi connectivity index (χ3n) is 4.60. The number of carbonyl (C=O) groups is 2. The van der Waals surface area contributed by atoms with E-state index in [4.69, 9.17) is 0 Å². The molecular weight excluding hydrogens is 356 g/mol. The highest BCUT2D eigenvalue weighted by molar-refractivity contribution is 6.05. The van der Waals surface area contributed by atoms with Crippen molar-refractivity contribution in [3.8, 4) is 11.4 Å². The molecule has 3 N–H and O–H groups in total. The van der Waals surface area contributed by atoms with Crippen molar-refractivity contribution in [2.45, 2.75) is 13.8 Å². The lowest BCUT2D eigenvalue weighted by atomic mass is 10.1. The quantitative estimate of drug-likeness (QED) is 0.651. The van der Waals surface area contributed by atoms with Crippen LogP contribution in [0.5, 0.6) is 0 Å². The molecule has 0 unspecified atom stereocenters. The fourth-order valence-electron chi connectivity index (χ4n) is 3.18. The average Bonchev–Trinajstić information content (AvgIpc) is 3.30. The van der Waals surface area contributed by atoms with Crippen molar-refractivity contribution < 1.29 is 9.59 Å². The minimum atomic E-state index is -0.206. The Labute approximate surface area is 162 Å². The summed E-state index contributed by atoms with van der Waals surface area (Å²) in [7, 11) is 0. The van der Waals surface area contributed by atoms with Crippen LogP contribution in [-0.4, -0.2) is 40.2 Å². The molecule has 8 heteroatoms. The number of amides is 3. The largest absolute Gasteiger partial charge is 0.336 e. The molecule has 1 aliphatic heterocycles. The molecule has 28 heavy (non-hydrogen) atoms. The SMILES string of the molecule is Cc1nc(-c2ccc(NC(=O)c3ccc(N4CCNC4=O)c(C)c3)cc2)n[nH]1. The molecule has 0 bridgehead atoms. The molecule has 0 radical (unpaired) electrons. The molecule has 3 amide bonds. The average molecular weight is 376 g/mol. The van der Waals surface area contributed by atoms with Crippen molar-refractivity contribution in [3.05, 3.63) is 59.4 Å². The summed E-state index contributed by atoms with van der Waals surface area (Å²) in [4.78, 5) is 30.4. The van der Waals surface area contributed by atoms with Crippen molar-refractivity contribution in [1.29, 1.82) is 0 Å². The second kappa shape index (κ2) is 7.15. The van der Waals surface area contributed by atoms with Gasteiger partial charge in [-0.1, -0.05) is 0 Å². The first-order valence-corrected chi connectivity index (χ1v) is 8.98. The molecule has 1 fully saturated rings. The summed E-state index contributed by atoms with van der Waals surface area (Å²) < 4.78 is 0. The van der Waals surface area contributed by atoms with Crippen LogP contribution in [0.4, 0.5) is 16.2 Å². The maximum atomic E-state index is 12.6. The van der Waals surface area contributed by atoms with Gasteiger partial charge in [-0.3, -0.25) is 14.8 Å². The molecule has 0 atom stereocenters. The summed E-state index contributed by atoms with van der Waals surface area (Å²) in [5.74, 6) is 1.16. The Bertz CT molecular complexity index is 1040. The van der Waals surface area contributed by atoms with Crippen molar-refractivity contribution in [2.24, 2.45) is 0 Å². The third-order valence-corrected chi connectivity index (χ3v) is 4.60. The zero-order chi connectivity index (χ0) is 19.7. The van der Waals surface area contributed by atoms with Gasteiger partial charge in [0.25, 0.3) is 5.91 Å². The first-order valence-electron chi connectivity index (χ1n) is 8.98. The number of aryl methyl sites for hydroxylation is 2. The minimum Gasteiger partial charge on any atom is -0.336 e. The highest BCUT2D eigenvalue weighted by Crippen LogP contribution is 2.24. The van der Waals surface area contributed by atoms with Gasteiger partial charge in [-0.2, -0.15) is 5.10 Å². The summed E-state index contributed by atoms with van der Waals surface area (Å²) in [5, 5.41) is 12.6. The van der Waals surface area contributed by atoms with Crippen LogP contribution >= 0.6 is 0 Å². The molecule has 4 rings (SSSR count). The number of benzene rings is 2. The highest BCUT2D eigenvalue weighted by Gasteiger charge is 2.23. The number of nitrogens with one attached hydrogen (secondary N) is 3. The molecule has 1 aliphatic rings. The number of nitrogens with zero attached hydrogens (tertiary/aromatic N) is 3. The minimum absolute atomic E-state index is 0.109. The molecule has 142 valence electrons. The fraction of sp³-hybridized carbons (Fsp3) is 0.200. The maximum absolute atomic E-state index is 12.6. The molecule has 1 saturated heterocycles. The summed E-state index contributed by atoms with van der Waals surface area (Å²) in [6.07, 6.45) is 0. The van der Waals surface area contributed by atoms with Crippen LogP contribution in [0, 0.1) is 13.8 Å². The van der Waals surface area contributed by atoms with Crippen LogP contribution in [-0.2, 0) is 0 Å². The topological polar surface area (TPSA) is 103 Å². The molecule has 0 saturated carbocycles. The first-order chi connectivity index (χ1) is 13.5. The van der Waals surface area contributed by atoms with E-state index in [0.29, 0.717) is 30.2 Å². The van der Waals surface area contributed by atoms with Crippen LogP contribution in [0.3, 0.4) is 0 Å². The van der Waals surface area contributed by atoms with E-state index in [0.717, 1.165) is 22.6 Å². The van der Waals surface area contributed by atoms with Gasteiger partial charge in [-0.15, -0.1) is 0 Å². The van der Waals surface area contributed by atoms with E-state index >= 15 is 0 Å². The van der Waals surface area contributed by atoms with Gasteiger partial charge < -0.3 is 10.6 Å². The number of H-pyrrole nitrogens is 1.